The number of piperazine rings is 1. The molecule has 4 aromatic rings. The number of fused-ring (bicyclic) bond motifs is 2. The number of likely N-dealkylation sites (N-methyl/N-ethyl adjacent to an activating group) is 1. The van der Waals surface area contributed by atoms with E-state index in [1.54, 1.807) is 11.0 Å². The highest BCUT2D eigenvalue weighted by Crippen LogP contribution is 2.41. The van der Waals surface area contributed by atoms with Crippen molar-refractivity contribution in [3.63, 3.8) is 0 Å². The third-order valence-electron chi connectivity index (χ3n) is 7.36. The van der Waals surface area contributed by atoms with E-state index in [1.165, 1.54) is 18.3 Å². The number of ether oxygens (including phenoxy) is 3. The molecular weight excluding hydrogens is 590 g/mol. The lowest BCUT2D eigenvalue weighted by Gasteiger charge is -2.35. The molecule has 2 atom stereocenters. The van der Waals surface area contributed by atoms with E-state index >= 15 is 0 Å². The van der Waals surface area contributed by atoms with Crippen LogP contribution in [0, 0.1) is 5.82 Å². The molecule has 0 unspecified atom stereocenters. The van der Waals surface area contributed by atoms with Gasteiger partial charge in [-0.2, -0.15) is 20.1 Å². The zero-order chi connectivity index (χ0) is 29.5. The summed E-state index contributed by atoms with van der Waals surface area (Å²) >= 11 is 12.8. The molecule has 2 aliphatic heterocycles. The van der Waals surface area contributed by atoms with Crippen LogP contribution in [0.1, 0.15) is 0 Å². The van der Waals surface area contributed by atoms with Crippen LogP contribution in [0.4, 0.5) is 10.2 Å². The van der Waals surface area contributed by atoms with Crippen LogP contribution in [-0.2, 0) is 9.53 Å². The summed E-state index contributed by atoms with van der Waals surface area (Å²) in [5.74, 6) is -0.325. The number of nitrogens with zero attached hydrogens (tertiary/aromatic N) is 7. The fourth-order valence-electron chi connectivity index (χ4n) is 5.12. The summed E-state index contributed by atoms with van der Waals surface area (Å²) in [6.07, 6.45) is 2.44. The molecule has 2 aliphatic rings. The van der Waals surface area contributed by atoms with E-state index in [2.05, 4.69) is 26.7 Å². The molecule has 6 rings (SSSR count). The molecule has 0 aliphatic carbocycles. The van der Waals surface area contributed by atoms with E-state index < -0.39 is 5.82 Å². The highest BCUT2D eigenvalue weighted by atomic mass is 35.5. The van der Waals surface area contributed by atoms with Gasteiger partial charge in [-0.25, -0.2) is 4.39 Å². The van der Waals surface area contributed by atoms with Gasteiger partial charge in [-0.15, -0.1) is 0 Å². The minimum atomic E-state index is -0.697. The highest BCUT2D eigenvalue weighted by molar-refractivity contribution is 6.33. The first-order chi connectivity index (χ1) is 20.2. The molecule has 0 bridgehead atoms. The number of aromatic nitrogens is 5. The molecule has 42 heavy (non-hydrogen) atoms. The molecule has 15 heteroatoms. The number of carbonyl (C=O) groups excluding carboxylic acids is 1. The molecule has 2 saturated heterocycles. The molecule has 1 amide bonds. The second-order valence-corrected chi connectivity index (χ2v) is 10.9. The molecule has 2 fully saturated rings. The number of halogens is 3. The lowest BCUT2D eigenvalue weighted by Crippen LogP contribution is -2.48. The third kappa shape index (κ3) is 5.28. The number of benzene rings is 1. The topological polar surface area (TPSA) is 122 Å². The molecular formula is C27H27Cl2FN8O4. The number of amides is 1. The first-order valence-electron chi connectivity index (χ1n) is 13.2. The number of rotatable bonds is 7. The summed E-state index contributed by atoms with van der Waals surface area (Å²) in [6, 6.07) is 2.93. The Balaban J connectivity index is 1.46. The number of carbonyl (C=O) groups is 1. The Morgan fingerprint density at radius 1 is 1.17 bits per heavy atom. The molecule has 3 aromatic heterocycles. The molecule has 1 aromatic carbocycles. The largest absolute Gasteiger partial charge is 0.456 e. The average molecular weight is 617 g/mol. The van der Waals surface area contributed by atoms with E-state index in [4.69, 9.17) is 42.4 Å². The molecule has 0 saturated carbocycles. The van der Waals surface area contributed by atoms with Gasteiger partial charge in [0.25, 0.3) is 0 Å². The van der Waals surface area contributed by atoms with Gasteiger partial charge >= 0.3 is 6.01 Å². The summed E-state index contributed by atoms with van der Waals surface area (Å²) in [5.41, 5.74) is 0.668. The smallest absolute Gasteiger partial charge is 0.319 e. The molecule has 5 heterocycles. The zero-order valence-electron chi connectivity index (χ0n) is 22.8. The van der Waals surface area contributed by atoms with Crippen LogP contribution in [0.3, 0.4) is 0 Å². The van der Waals surface area contributed by atoms with Crippen LogP contribution >= 0.6 is 23.2 Å². The number of aromatic amines is 1. The van der Waals surface area contributed by atoms with Gasteiger partial charge < -0.3 is 28.9 Å². The first kappa shape index (κ1) is 28.3. The van der Waals surface area contributed by atoms with E-state index in [0.717, 1.165) is 0 Å². The van der Waals surface area contributed by atoms with Gasteiger partial charge in [-0.05, 0) is 26.2 Å². The Morgan fingerprint density at radius 3 is 2.69 bits per heavy atom. The van der Waals surface area contributed by atoms with Gasteiger partial charge in [0.1, 0.15) is 33.4 Å². The van der Waals surface area contributed by atoms with E-state index in [-0.39, 0.29) is 51.4 Å². The fraction of sp³-hybridized carbons (Fsp3) is 0.370. The van der Waals surface area contributed by atoms with Crippen molar-refractivity contribution >= 4 is 56.7 Å². The van der Waals surface area contributed by atoms with E-state index in [9.17, 15) is 9.18 Å². The Kier molecular flexibility index (Phi) is 7.75. The van der Waals surface area contributed by atoms with Crippen LogP contribution in [0.5, 0.6) is 17.6 Å². The van der Waals surface area contributed by atoms with Crippen molar-refractivity contribution in [1.82, 2.24) is 34.9 Å². The Morgan fingerprint density at radius 2 is 1.95 bits per heavy atom. The number of hydrogen-bond acceptors (Lipinski definition) is 10. The van der Waals surface area contributed by atoms with Gasteiger partial charge in [-0.1, -0.05) is 29.8 Å². The number of pyridine rings is 1. The van der Waals surface area contributed by atoms with Crippen molar-refractivity contribution in [2.45, 2.75) is 12.1 Å². The quantitative estimate of drug-likeness (QED) is 0.243. The maximum Gasteiger partial charge on any atom is 0.319 e. The number of nitrogens with one attached hydrogen (secondary N) is 1. The molecule has 12 nitrogen and oxygen atoms in total. The Labute approximate surface area is 250 Å². The summed E-state index contributed by atoms with van der Waals surface area (Å²) < 4.78 is 32.8. The maximum atomic E-state index is 14.7. The number of anilines is 1. The standard InChI is InChI=1S/C27H27Cl2FN8O4/c1-4-21(39)37-5-7-38(8-6-37)25-14-9-20(28)32-26(42-24-15-11-31-35-17(15)10-16(30)22(24)29)23(14)33-27(34-25)41-19-13-40-12-18(19)36(2)3/h4,9-11,18-19H,1,5-8,12-13H2,2-3H3,(H,31,35)/t18-,19-/m1/s1. The fourth-order valence-corrected chi connectivity index (χ4v) is 5.50. The van der Waals surface area contributed by atoms with Crippen molar-refractivity contribution < 1.29 is 23.4 Å². The van der Waals surface area contributed by atoms with Crippen molar-refractivity contribution in [3.05, 3.63) is 47.0 Å². The summed E-state index contributed by atoms with van der Waals surface area (Å²) in [7, 11) is 3.90. The molecule has 220 valence electrons. The minimum Gasteiger partial charge on any atom is -0.456 e. The van der Waals surface area contributed by atoms with Gasteiger partial charge in [-0.3, -0.25) is 9.89 Å². The lowest BCUT2D eigenvalue weighted by molar-refractivity contribution is -0.126. The lowest BCUT2D eigenvalue weighted by atomic mass is 10.2. The first-order valence-corrected chi connectivity index (χ1v) is 13.9. The number of hydrogen-bond donors (Lipinski definition) is 1. The van der Waals surface area contributed by atoms with Gasteiger partial charge in [0, 0.05) is 32.2 Å². The Hall–Kier alpha value is -3.78. The number of H-pyrrole nitrogens is 1. The molecule has 1 N–H and O–H groups in total. The van der Waals surface area contributed by atoms with Gasteiger partial charge in [0.05, 0.1) is 41.7 Å². The van der Waals surface area contributed by atoms with Gasteiger partial charge in [0.15, 0.2) is 5.75 Å². The van der Waals surface area contributed by atoms with Crippen LogP contribution < -0.4 is 14.4 Å². The van der Waals surface area contributed by atoms with Crippen LogP contribution in [0.15, 0.2) is 31.0 Å². The summed E-state index contributed by atoms with van der Waals surface area (Å²) in [4.78, 5) is 31.8. The van der Waals surface area contributed by atoms with Crippen molar-refractivity contribution in [3.8, 4) is 17.6 Å². The second-order valence-electron chi connectivity index (χ2n) is 10.2. The zero-order valence-corrected chi connectivity index (χ0v) is 24.3. The second kappa shape index (κ2) is 11.5. The van der Waals surface area contributed by atoms with Gasteiger partial charge in [0.2, 0.25) is 11.8 Å². The van der Waals surface area contributed by atoms with Crippen molar-refractivity contribution in [2.24, 2.45) is 0 Å². The maximum absolute atomic E-state index is 14.7. The van der Waals surface area contributed by atoms with Crippen LogP contribution in [0.25, 0.3) is 21.8 Å². The normalized spacial score (nSPS) is 19.2. The van der Waals surface area contributed by atoms with Crippen molar-refractivity contribution in [1.29, 1.82) is 0 Å². The van der Waals surface area contributed by atoms with E-state index in [0.29, 0.717) is 61.5 Å². The molecule has 0 radical (unpaired) electrons. The summed E-state index contributed by atoms with van der Waals surface area (Å²) in [6.45, 7) is 6.35. The highest BCUT2D eigenvalue weighted by Gasteiger charge is 2.33. The monoisotopic (exact) mass is 616 g/mol. The summed E-state index contributed by atoms with van der Waals surface area (Å²) in [5, 5.41) is 7.53. The SMILES string of the molecule is C=CC(=O)N1CCN(c2nc(O[C@@H]3COC[C@H]3N(C)C)nc3c(Oc4c(Cl)c(F)cc5[nH]ncc45)nc(Cl)cc23)CC1. The Bertz CT molecular complexity index is 1680. The van der Waals surface area contributed by atoms with Crippen LogP contribution in [0.2, 0.25) is 10.2 Å². The predicted octanol–water partition coefficient (Wildman–Crippen LogP) is 3.68. The molecule has 0 spiro atoms. The predicted molar refractivity (Wildman–Crippen MR) is 155 cm³/mol. The van der Waals surface area contributed by atoms with Crippen molar-refractivity contribution in [2.75, 3.05) is 58.4 Å². The third-order valence-corrected chi connectivity index (χ3v) is 7.90. The average Bonchev–Trinajstić information content (AvgIpc) is 3.64. The van der Waals surface area contributed by atoms with E-state index in [1.807, 2.05) is 23.9 Å². The minimum absolute atomic E-state index is 0.00697. The van der Waals surface area contributed by atoms with Crippen LogP contribution in [-0.4, -0.2) is 106 Å².